The van der Waals surface area contributed by atoms with Gasteiger partial charge in [-0.15, -0.1) is 0 Å². The highest BCUT2D eigenvalue weighted by molar-refractivity contribution is 7.86. The Morgan fingerprint density at radius 2 is 2.06 bits per heavy atom. The highest BCUT2D eigenvalue weighted by Crippen LogP contribution is 2.14. The molecule has 1 aliphatic heterocycles. The Morgan fingerprint density at radius 1 is 1.44 bits per heavy atom. The second-order valence-corrected chi connectivity index (χ2v) is 5.76. The van der Waals surface area contributed by atoms with Crippen molar-refractivity contribution in [2.24, 2.45) is 0 Å². The lowest BCUT2D eigenvalue weighted by atomic mass is 10.3. The van der Waals surface area contributed by atoms with Crippen LogP contribution in [-0.4, -0.2) is 69.0 Å². The fraction of sp³-hybridized carbons (Fsp3) is 0.900. The van der Waals surface area contributed by atoms with Crippen molar-refractivity contribution in [1.82, 2.24) is 8.61 Å². The molecule has 1 atom stereocenters. The Labute approximate surface area is 108 Å². The van der Waals surface area contributed by atoms with Crippen LogP contribution in [0.15, 0.2) is 0 Å². The van der Waals surface area contributed by atoms with Gasteiger partial charge >= 0.3 is 5.97 Å². The Balaban J connectivity index is 2.80. The molecule has 1 saturated heterocycles. The maximum Gasteiger partial charge on any atom is 0.336 e. The summed E-state index contributed by atoms with van der Waals surface area (Å²) in [4.78, 5) is 11.4. The number of ether oxygens (including phenoxy) is 2. The summed E-state index contributed by atoms with van der Waals surface area (Å²) in [5.41, 5.74) is 0. The van der Waals surface area contributed by atoms with Crippen LogP contribution >= 0.6 is 0 Å². The average molecular weight is 280 g/mol. The molecule has 0 bridgehead atoms. The third-order valence-electron chi connectivity index (χ3n) is 2.85. The van der Waals surface area contributed by atoms with Crippen molar-refractivity contribution in [2.75, 3.05) is 39.9 Å². The molecule has 0 N–H and O–H groups in total. The van der Waals surface area contributed by atoms with E-state index in [2.05, 4.69) is 4.74 Å². The van der Waals surface area contributed by atoms with Gasteiger partial charge in [-0.3, -0.25) is 0 Å². The third kappa shape index (κ3) is 3.19. The molecule has 1 rings (SSSR count). The summed E-state index contributed by atoms with van der Waals surface area (Å²) in [6.45, 7) is 4.81. The highest BCUT2D eigenvalue weighted by atomic mass is 32.2. The Hall–Kier alpha value is -0.700. The van der Waals surface area contributed by atoms with Gasteiger partial charge in [0.25, 0.3) is 10.2 Å². The van der Waals surface area contributed by atoms with Gasteiger partial charge in [0.15, 0.2) is 6.10 Å². The van der Waals surface area contributed by atoms with Crippen LogP contribution in [-0.2, 0) is 24.5 Å². The van der Waals surface area contributed by atoms with E-state index in [4.69, 9.17) is 4.74 Å². The number of hydrogen-bond acceptors (Lipinski definition) is 5. The molecule has 0 amide bonds. The first-order valence-corrected chi connectivity index (χ1v) is 7.31. The van der Waals surface area contributed by atoms with Crippen molar-refractivity contribution in [3.63, 3.8) is 0 Å². The number of carbonyl (C=O) groups is 1. The molecule has 1 fully saturated rings. The van der Waals surface area contributed by atoms with Gasteiger partial charge in [-0.2, -0.15) is 17.0 Å². The molecule has 0 radical (unpaired) electrons. The SMILES string of the molecule is CCN(CC)S(=O)(=O)N1CCOC(C(=O)OC)C1. The maximum atomic E-state index is 12.2. The van der Waals surface area contributed by atoms with Crippen LogP contribution in [0.2, 0.25) is 0 Å². The van der Waals surface area contributed by atoms with Crippen LogP contribution in [0.25, 0.3) is 0 Å². The number of morpholine rings is 1. The lowest BCUT2D eigenvalue weighted by Gasteiger charge is -2.33. The summed E-state index contributed by atoms with van der Waals surface area (Å²) in [5.74, 6) is -0.547. The second kappa shape index (κ2) is 6.46. The molecule has 7 nitrogen and oxygen atoms in total. The Kier molecular flexibility index (Phi) is 5.51. The van der Waals surface area contributed by atoms with E-state index in [0.29, 0.717) is 13.1 Å². The predicted molar refractivity (Wildman–Crippen MR) is 65.2 cm³/mol. The fourth-order valence-corrected chi connectivity index (χ4v) is 3.43. The molecule has 0 aromatic carbocycles. The summed E-state index contributed by atoms with van der Waals surface area (Å²) >= 11 is 0. The molecule has 1 aliphatic rings. The minimum atomic E-state index is -3.52. The summed E-state index contributed by atoms with van der Waals surface area (Å²) in [7, 11) is -2.27. The standard InChI is InChI=1S/C10H20N2O5S/c1-4-11(5-2)18(14,15)12-6-7-17-9(8-12)10(13)16-3/h9H,4-8H2,1-3H3. The molecule has 0 aromatic rings. The summed E-state index contributed by atoms with van der Waals surface area (Å²) in [5, 5.41) is 0. The zero-order valence-corrected chi connectivity index (χ0v) is 11.8. The van der Waals surface area contributed by atoms with Gasteiger partial charge in [0.05, 0.1) is 20.3 Å². The van der Waals surface area contributed by atoms with Crippen LogP contribution in [0.1, 0.15) is 13.8 Å². The van der Waals surface area contributed by atoms with Crippen molar-refractivity contribution in [2.45, 2.75) is 20.0 Å². The summed E-state index contributed by atoms with van der Waals surface area (Å²) in [6.07, 6.45) is -0.839. The molecule has 0 saturated carbocycles. The van der Waals surface area contributed by atoms with Gasteiger partial charge in [-0.25, -0.2) is 4.79 Å². The lowest BCUT2D eigenvalue weighted by Crippen LogP contribution is -2.53. The number of esters is 1. The topological polar surface area (TPSA) is 76.2 Å². The first-order chi connectivity index (χ1) is 8.47. The average Bonchev–Trinajstić information content (AvgIpc) is 2.39. The number of carbonyl (C=O) groups excluding carboxylic acids is 1. The molecule has 106 valence electrons. The van der Waals surface area contributed by atoms with E-state index in [9.17, 15) is 13.2 Å². The van der Waals surface area contributed by atoms with Crippen LogP contribution in [0.5, 0.6) is 0 Å². The Bertz CT molecular complexity index is 380. The number of nitrogens with zero attached hydrogens (tertiary/aromatic N) is 2. The second-order valence-electron chi connectivity index (χ2n) is 3.83. The van der Waals surface area contributed by atoms with Gasteiger partial charge in [-0.1, -0.05) is 13.8 Å². The van der Waals surface area contributed by atoms with Gasteiger partial charge < -0.3 is 9.47 Å². The molecule has 0 aromatic heterocycles. The van der Waals surface area contributed by atoms with Gasteiger partial charge in [0.2, 0.25) is 0 Å². The van der Waals surface area contributed by atoms with Crippen LogP contribution in [0, 0.1) is 0 Å². The number of rotatable bonds is 5. The first-order valence-electron chi connectivity index (χ1n) is 5.92. The molecule has 1 heterocycles. The van der Waals surface area contributed by atoms with Crippen LogP contribution in [0.4, 0.5) is 0 Å². The van der Waals surface area contributed by atoms with Gasteiger partial charge in [0, 0.05) is 19.6 Å². The van der Waals surface area contributed by atoms with Crippen molar-refractivity contribution >= 4 is 16.2 Å². The van der Waals surface area contributed by atoms with Crippen molar-refractivity contribution in [3.05, 3.63) is 0 Å². The molecular formula is C10H20N2O5S. The van der Waals surface area contributed by atoms with E-state index in [0.717, 1.165) is 0 Å². The smallest absolute Gasteiger partial charge is 0.336 e. The summed E-state index contributed by atoms with van der Waals surface area (Å²) in [6, 6.07) is 0. The van der Waals surface area contributed by atoms with Crippen LogP contribution < -0.4 is 0 Å². The lowest BCUT2D eigenvalue weighted by molar-refractivity contribution is -0.157. The molecule has 0 aliphatic carbocycles. The van der Waals surface area contributed by atoms with Crippen molar-refractivity contribution in [3.8, 4) is 0 Å². The van der Waals surface area contributed by atoms with Crippen molar-refractivity contribution in [1.29, 1.82) is 0 Å². The van der Waals surface area contributed by atoms with Gasteiger partial charge in [-0.05, 0) is 0 Å². The minimum Gasteiger partial charge on any atom is -0.467 e. The maximum absolute atomic E-state index is 12.2. The molecular weight excluding hydrogens is 260 g/mol. The minimum absolute atomic E-state index is 0.00546. The molecule has 18 heavy (non-hydrogen) atoms. The van der Waals surface area contributed by atoms with Crippen LogP contribution in [0.3, 0.4) is 0 Å². The third-order valence-corrected chi connectivity index (χ3v) is 5.00. The summed E-state index contributed by atoms with van der Waals surface area (Å²) < 4.78 is 36.9. The number of methoxy groups -OCH3 is 1. The van der Waals surface area contributed by atoms with E-state index in [1.54, 1.807) is 13.8 Å². The van der Waals surface area contributed by atoms with E-state index in [1.165, 1.54) is 15.7 Å². The monoisotopic (exact) mass is 280 g/mol. The van der Waals surface area contributed by atoms with E-state index in [-0.39, 0.29) is 19.7 Å². The first kappa shape index (κ1) is 15.4. The predicted octanol–water partition coefficient (Wildman–Crippen LogP) is -0.553. The molecule has 0 spiro atoms. The molecule has 1 unspecified atom stereocenters. The van der Waals surface area contributed by atoms with Gasteiger partial charge in [0.1, 0.15) is 0 Å². The largest absolute Gasteiger partial charge is 0.467 e. The normalized spacial score (nSPS) is 22.1. The van der Waals surface area contributed by atoms with E-state index < -0.39 is 22.3 Å². The zero-order valence-electron chi connectivity index (χ0n) is 11.0. The quantitative estimate of drug-likeness (QED) is 0.631. The fourth-order valence-electron chi connectivity index (χ4n) is 1.82. The highest BCUT2D eigenvalue weighted by Gasteiger charge is 2.35. The molecule has 8 heteroatoms. The number of hydrogen-bond donors (Lipinski definition) is 0. The Morgan fingerprint density at radius 3 is 2.56 bits per heavy atom. The van der Waals surface area contributed by atoms with E-state index in [1.807, 2.05) is 0 Å². The van der Waals surface area contributed by atoms with Crippen molar-refractivity contribution < 1.29 is 22.7 Å². The van der Waals surface area contributed by atoms with E-state index >= 15 is 0 Å². The zero-order chi connectivity index (χ0) is 13.8.